The van der Waals surface area contributed by atoms with Crippen LogP contribution in [0.2, 0.25) is 0 Å². The summed E-state index contributed by atoms with van der Waals surface area (Å²) < 4.78 is 0. The summed E-state index contributed by atoms with van der Waals surface area (Å²) in [5, 5.41) is -0.596. The number of aldehydes is 1. The average Bonchev–Trinajstić information content (AvgIpc) is 2.16. The van der Waals surface area contributed by atoms with Crippen molar-refractivity contribution in [2.75, 3.05) is 0 Å². The molecule has 0 heterocycles. The summed E-state index contributed by atoms with van der Waals surface area (Å²) in [7, 11) is 0. The maximum Gasteiger partial charge on any atom is 0.181 e. The van der Waals surface area contributed by atoms with Gasteiger partial charge in [0, 0.05) is 11.1 Å². The van der Waals surface area contributed by atoms with Crippen LogP contribution in [0.25, 0.3) is 0 Å². The van der Waals surface area contributed by atoms with E-state index in [0.29, 0.717) is 17.4 Å². The van der Waals surface area contributed by atoms with E-state index < -0.39 is 5.38 Å². The van der Waals surface area contributed by atoms with E-state index in [-0.39, 0.29) is 5.78 Å². The normalized spacial score (nSPS) is 12.2. The van der Waals surface area contributed by atoms with Crippen LogP contribution in [-0.2, 0) is 0 Å². The number of hydrogen-bond acceptors (Lipinski definition) is 2. The molecule has 3 heteroatoms. The van der Waals surface area contributed by atoms with Gasteiger partial charge in [-0.15, -0.1) is 11.6 Å². The zero-order chi connectivity index (χ0) is 9.84. The minimum atomic E-state index is -0.596. The standard InChI is InChI=1S/C10H9ClO2/c1-7(11)10(13)9-5-3-2-4-8(9)6-12/h2-7H,1H3. The quantitative estimate of drug-likeness (QED) is 0.422. The van der Waals surface area contributed by atoms with Gasteiger partial charge in [0.1, 0.15) is 0 Å². The first-order chi connectivity index (χ1) is 6.16. The predicted octanol–water partition coefficient (Wildman–Crippen LogP) is 2.31. The number of benzene rings is 1. The molecule has 1 rings (SSSR count). The van der Waals surface area contributed by atoms with Gasteiger partial charge in [-0.3, -0.25) is 9.59 Å². The molecule has 0 bridgehead atoms. The monoisotopic (exact) mass is 196 g/mol. The van der Waals surface area contributed by atoms with Crippen LogP contribution in [0.1, 0.15) is 27.6 Å². The number of rotatable bonds is 3. The molecule has 1 aromatic rings. The molecule has 0 saturated carbocycles. The van der Waals surface area contributed by atoms with Crippen molar-refractivity contribution in [2.45, 2.75) is 12.3 Å². The fourth-order valence-electron chi connectivity index (χ4n) is 1.04. The number of ketones is 1. The third-order valence-corrected chi connectivity index (χ3v) is 1.91. The second kappa shape index (κ2) is 4.19. The topological polar surface area (TPSA) is 34.1 Å². The Morgan fingerprint density at radius 1 is 1.46 bits per heavy atom. The Morgan fingerprint density at radius 3 is 2.62 bits per heavy atom. The van der Waals surface area contributed by atoms with Crippen molar-refractivity contribution in [3.63, 3.8) is 0 Å². The molecule has 0 aliphatic carbocycles. The van der Waals surface area contributed by atoms with Crippen LogP contribution in [0, 0.1) is 0 Å². The molecule has 1 unspecified atom stereocenters. The third kappa shape index (κ3) is 2.16. The predicted molar refractivity (Wildman–Crippen MR) is 51.5 cm³/mol. The van der Waals surface area contributed by atoms with E-state index in [1.54, 1.807) is 31.2 Å². The molecule has 1 aromatic carbocycles. The van der Waals surface area contributed by atoms with Gasteiger partial charge in [-0.1, -0.05) is 24.3 Å². The summed E-state index contributed by atoms with van der Waals surface area (Å²) in [6, 6.07) is 6.61. The van der Waals surface area contributed by atoms with Gasteiger partial charge in [0.05, 0.1) is 5.38 Å². The molecular formula is C10H9ClO2. The maximum atomic E-state index is 11.4. The Bertz CT molecular complexity index is 331. The molecule has 13 heavy (non-hydrogen) atoms. The third-order valence-electron chi connectivity index (χ3n) is 1.71. The van der Waals surface area contributed by atoms with E-state index in [2.05, 4.69) is 0 Å². The smallest absolute Gasteiger partial charge is 0.181 e. The molecule has 0 fully saturated rings. The molecule has 0 amide bonds. The molecule has 0 spiro atoms. The van der Waals surface area contributed by atoms with Crippen molar-refractivity contribution in [1.29, 1.82) is 0 Å². The van der Waals surface area contributed by atoms with Crippen molar-refractivity contribution in [2.24, 2.45) is 0 Å². The largest absolute Gasteiger partial charge is 0.298 e. The van der Waals surface area contributed by atoms with Gasteiger partial charge in [-0.05, 0) is 6.92 Å². The Kier molecular flexibility index (Phi) is 3.20. The number of carbonyl (C=O) groups is 2. The van der Waals surface area contributed by atoms with Gasteiger partial charge >= 0.3 is 0 Å². The summed E-state index contributed by atoms with van der Waals surface area (Å²) >= 11 is 5.63. The minimum absolute atomic E-state index is 0.218. The Balaban J connectivity index is 3.13. The van der Waals surface area contributed by atoms with Crippen LogP contribution in [0.3, 0.4) is 0 Å². The average molecular weight is 197 g/mol. The van der Waals surface area contributed by atoms with Crippen LogP contribution in [0.5, 0.6) is 0 Å². The number of hydrogen-bond donors (Lipinski definition) is 0. The molecule has 1 atom stereocenters. The maximum absolute atomic E-state index is 11.4. The summed E-state index contributed by atoms with van der Waals surface area (Å²) in [5.74, 6) is -0.218. The lowest BCUT2D eigenvalue weighted by atomic mass is 10.0. The van der Waals surface area contributed by atoms with Crippen molar-refractivity contribution < 1.29 is 9.59 Å². The summed E-state index contributed by atoms with van der Waals surface area (Å²) in [4.78, 5) is 22.0. The van der Waals surface area contributed by atoms with Gasteiger partial charge in [-0.2, -0.15) is 0 Å². The van der Waals surface area contributed by atoms with Crippen LogP contribution < -0.4 is 0 Å². The van der Waals surface area contributed by atoms with E-state index in [1.807, 2.05) is 0 Å². The summed E-state index contributed by atoms with van der Waals surface area (Å²) in [6.07, 6.45) is 0.659. The highest BCUT2D eigenvalue weighted by molar-refractivity contribution is 6.34. The second-order valence-corrected chi connectivity index (χ2v) is 3.34. The molecule has 2 nitrogen and oxygen atoms in total. The molecular weight excluding hydrogens is 188 g/mol. The Hall–Kier alpha value is -1.15. The fraction of sp³-hybridized carbons (Fsp3) is 0.200. The SMILES string of the molecule is CC(Cl)C(=O)c1ccccc1C=O. The lowest BCUT2D eigenvalue weighted by Crippen LogP contribution is -2.12. The van der Waals surface area contributed by atoms with Gasteiger partial charge in [0.2, 0.25) is 0 Å². The van der Waals surface area contributed by atoms with Crippen LogP contribution >= 0.6 is 11.6 Å². The van der Waals surface area contributed by atoms with Crippen molar-refractivity contribution in [3.8, 4) is 0 Å². The number of alkyl halides is 1. The van der Waals surface area contributed by atoms with Crippen LogP contribution in [-0.4, -0.2) is 17.4 Å². The van der Waals surface area contributed by atoms with Crippen molar-refractivity contribution in [1.82, 2.24) is 0 Å². The highest BCUT2D eigenvalue weighted by Gasteiger charge is 2.14. The highest BCUT2D eigenvalue weighted by atomic mass is 35.5. The number of carbonyl (C=O) groups excluding carboxylic acids is 2. The van der Waals surface area contributed by atoms with E-state index in [9.17, 15) is 9.59 Å². The molecule has 68 valence electrons. The lowest BCUT2D eigenvalue weighted by Gasteiger charge is -2.04. The van der Waals surface area contributed by atoms with E-state index in [0.717, 1.165) is 0 Å². The number of halogens is 1. The van der Waals surface area contributed by atoms with Gasteiger partial charge in [0.15, 0.2) is 12.1 Å². The number of Topliss-reactive ketones (excluding diaryl/α,β-unsaturated/α-hetero) is 1. The Morgan fingerprint density at radius 2 is 2.08 bits per heavy atom. The van der Waals surface area contributed by atoms with Gasteiger partial charge < -0.3 is 0 Å². The molecule has 0 aliphatic heterocycles. The minimum Gasteiger partial charge on any atom is -0.298 e. The van der Waals surface area contributed by atoms with Crippen molar-refractivity contribution >= 4 is 23.7 Å². The molecule has 0 aromatic heterocycles. The van der Waals surface area contributed by atoms with E-state index >= 15 is 0 Å². The molecule has 0 radical (unpaired) electrons. The van der Waals surface area contributed by atoms with Crippen LogP contribution in [0.4, 0.5) is 0 Å². The van der Waals surface area contributed by atoms with Crippen molar-refractivity contribution in [3.05, 3.63) is 35.4 Å². The van der Waals surface area contributed by atoms with Crippen LogP contribution in [0.15, 0.2) is 24.3 Å². The lowest BCUT2D eigenvalue weighted by molar-refractivity contribution is 0.0985. The molecule has 0 N–H and O–H groups in total. The zero-order valence-electron chi connectivity index (χ0n) is 7.16. The summed E-state index contributed by atoms with van der Waals surface area (Å²) in [5.41, 5.74) is 0.778. The summed E-state index contributed by atoms with van der Waals surface area (Å²) in [6.45, 7) is 1.59. The molecule has 0 aliphatic rings. The molecule has 0 saturated heterocycles. The zero-order valence-corrected chi connectivity index (χ0v) is 7.91. The van der Waals surface area contributed by atoms with E-state index in [1.165, 1.54) is 0 Å². The first-order valence-corrected chi connectivity index (χ1v) is 4.33. The second-order valence-electron chi connectivity index (χ2n) is 2.69. The van der Waals surface area contributed by atoms with E-state index in [4.69, 9.17) is 11.6 Å². The fourth-order valence-corrected chi connectivity index (χ4v) is 1.16. The van der Waals surface area contributed by atoms with Gasteiger partial charge in [0.25, 0.3) is 0 Å². The Labute approximate surface area is 81.5 Å². The first kappa shape index (κ1) is 9.93. The highest BCUT2D eigenvalue weighted by Crippen LogP contribution is 2.11. The van der Waals surface area contributed by atoms with Gasteiger partial charge in [-0.25, -0.2) is 0 Å². The first-order valence-electron chi connectivity index (χ1n) is 3.89.